The average Bonchev–Trinajstić information content (AvgIpc) is 2.85. The minimum atomic E-state index is -3.33. The second-order valence-electron chi connectivity index (χ2n) is 7.49. The molecule has 0 aliphatic heterocycles. The Morgan fingerprint density at radius 2 is 0.900 bits per heavy atom. The Labute approximate surface area is 186 Å². The van der Waals surface area contributed by atoms with E-state index in [1.807, 2.05) is 48.5 Å². The second kappa shape index (κ2) is 8.30. The molecule has 0 bridgehead atoms. The van der Waals surface area contributed by atoms with Crippen molar-refractivity contribution in [1.29, 1.82) is 0 Å². The molecule has 0 amide bonds. The summed E-state index contributed by atoms with van der Waals surface area (Å²) in [5.74, 6) is 0.140. The standard InChI is InChI=1S/C27H24BrOP/c1-22(27(29)23-14-6-2-7-15-23)30(28,24-16-8-3-9-17-24,25-18-10-4-11-19-25)26-20-12-5-13-21-26/h2-22H,1H3. The molecular weight excluding hydrogens is 451 g/mol. The molecule has 1 unspecified atom stereocenters. The first kappa shape index (κ1) is 20.7. The number of hydrogen-bond donors (Lipinski definition) is 0. The predicted molar refractivity (Wildman–Crippen MR) is 134 cm³/mol. The summed E-state index contributed by atoms with van der Waals surface area (Å²) in [6.07, 6.45) is 0. The van der Waals surface area contributed by atoms with Crippen molar-refractivity contribution < 1.29 is 4.79 Å². The van der Waals surface area contributed by atoms with E-state index in [0.717, 1.165) is 21.5 Å². The van der Waals surface area contributed by atoms with Crippen molar-refractivity contribution in [1.82, 2.24) is 0 Å². The van der Waals surface area contributed by atoms with Crippen LogP contribution in [0.3, 0.4) is 0 Å². The Morgan fingerprint density at radius 3 is 1.23 bits per heavy atom. The zero-order chi connectivity index (χ0) is 21.1. The van der Waals surface area contributed by atoms with Crippen LogP contribution >= 0.6 is 20.8 Å². The van der Waals surface area contributed by atoms with Crippen LogP contribution in [0.5, 0.6) is 0 Å². The van der Waals surface area contributed by atoms with E-state index in [2.05, 4.69) is 95.2 Å². The van der Waals surface area contributed by atoms with E-state index < -0.39 is 5.31 Å². The number of Topliss-reactive ketones (excluding diaryl/α,β-unsaturated/α-hetero) is 1. The van der Waals surface area contributed by atoms with Crippen LogP contribution in [-0.4, -0.2) is 11.4 Å². The fourth-order valence-electron chi connectivity index (χ4n) is 4.34. The molecule has 0 spiro atoms. The first-order chi connectivity index (χ1) is 14.6. The number of rotatable bonds is 6. The van der Waals surface area contributed by atoms with Gasteiger partial charge in [0.2, 0.25) is 0 Å². The Kier molecular flexibility index (Phi) is 5.73. The quantitative estimate of drug-likeness (QED) is 0.243. The van der Waals surface area contributed by atoms with Crippen LogP contribution in [0, 0.1) is 0 Å². The Balaban J connectivity index is 2.10. The van der Waals surface area contributed by atoms with Gasteiger partial charge in [-0.3, -0.25) is 0 Å². The molecule has 0 fully saturated rings. The third-order valence-electron chi connectivity index (χ3n) is 5.95. The Morgan fingerprint density at radius 1 is 0.600 bits per heavy atom. The molecule has 4 rings (SSSR count). The van der Waals surface area contributed by atoms with Crippen molar-refractivity contribution in [3.05, 3.63) is 127 Å². The van der Waals surface area contributed by atoms with Crippen molar-refractivity contribution in [2.75, 3.05) is 0 Å². The zero-order valence-electron chi connectivity index (χ0n) is 16.9. The van der Waals surface area contributed by atoms with Gasteiger partial charge in [-0.05, 0) is 0 Å². The molecule has 0 heterocycles. The van der Waals surface area contributed by atoms with Gasteiger partial charge in [-0.2, -0.15) is 0 Å². The van der Waals surface area contributed by atoms with E-state index >= 15 is 0 Å². The average molecular weight is 475 g/mol. The number of carbonyl (C=O) groups is 1. The molecule has 0 aromatic heterocycles. The van der Waals surface area contributed by atoms with E-state index in [9.17, 15) is 4.79 Å². The van der Waals surface area contributed by atoms with Crippen LogP contribution in [0.2, 0.25) is 0 Å². The van der Waals surface area contributed by atoms with Crippen molar-refractivity contribution in [3.8, 4) is 0 Å². The van der Waals surface area contributed by atoms with E-state index in [-0.39, 0.29) is 11.4 Å². The van der Waals surface area contributed by atoms with Gasteiger partial charge in [0.15, 0.2) is 0 Å². The molecule has 4 aromatic carbocycles. The van der Waals surface area contributed by atoms with Crippen molar-refractivity contribution in [3.63, 3.8) is 0 Å². The van der Waals surface area contributed by atoms with Gasteiger partial charge < -0.3 is 0 Å². The number of halogens is 1. The fourth-order valence-corrected chi connectivity index (χ4v) is 12.1. The zero-order valence-corrected chi connectivity index (χ0v) is 19.3. The molecular formula is C27H24BrOP. The maximum atomic E-state index is 13.9. The number of ketones is 1. The normalized spacial score (nSPS) is 13.7. The molecule has 4 aromatic rings. The Hall–Kier alpha value is -2.54. The Bertz CT molecular complexity index is 1030. The van der Waals surface area contributed by atoms with Crippen LogP contribution in [-0.2, 0) is 0 Å². The molecule has 0 aliphatic carbocycles. The molecule has 1 nitrogen and oxygen atoms in total. The third-order valence-corrected chi connectivity index (χ3v) is 17.1. The molecule has 0 radical (unpaired) electrons. The summed E-state index contributed by atoms with van der Waals surface area (Å²) in [5.41, 5.74) is 0.437. The van der Waals surface area contributed by atoms with Gasteiger partial charge in [0.1, 0.15) is 0 Å². The summed E-state index contributed by atoms with van der Waals surface area (Å²) >= 11 is 4.39. The topological polar surface area (TPSA) is 17.1 Å². The van der Waals surface area contributed by atoms with Gasteiger partial charge in [-0.1, -0.05) is 0 Å². The van der Waals surface area contributed by atoms with Crippen molar-refractivity contribution >= 4 is 42.5 Å². The summed E-state index contributed by atoms with van der Waals surface area (Å²) in [6.45, 7) is 2.08. The number of carbonyl (C=O) groups excluding carboxylic acids is 1. The van der Waals surface area contributed by atoms with Crippen LogP contribution in [0.15, 0.2) is 121 Å². The summed E-state index contributed by atoms with van der Waals surface area (Å²) < 4.78 is 0. The van der Waals surface area contributed by atoms with Crippen LogP contribution in [0.1, 0.15) is 17.3 Å². The first-order valence-corrected chi connectivity index (χ1v) is 14.4. The number of hydrogen-bond acceptors (Lipinski definition) is 1. The van der Waals surface area contributed by atoms with Crippen molar-refractivity contribution in [2.45, 2.75) is 12.6 Å². The van der Waals surface area contributed by atoms with Crippen LogP contribution in [0.25, 0.3) is 0 Å². The van der Waals surface area contributed by atoms with E-state index in [4.69, 9.17) is 0 Å². The summed E-state index contributed by atoms with van der Waals surface area (Å²) in [5, 5.41) is 0.120. The fraction of sp³-hybridized carbons (Fsp3) is 0.0741. The molecule has 0 aliphatic rings. The van der Waals surface area contributed by atoms with Gasteiger partial charge in [-0.25, -0.2) is 0 Å². The molecule has 3 heteroatoms. The van der Waals surface area contributed by atoms with E-state index in [1.165, 1.54) is 0 Å². The molecule has 30 heavy (non-hydrogen) atoms. The molecule has 0 N–H and O–H groups in total. The van der Waals surface area contributed by atoms with Gasteiger partial charge in [-0.15, -0.1) is 0 Å². The molecule has 150 valence electrons. The summed E-state index contributed by atoms with van der Waals surface area (Å²) in [6, 6.07) is 41.0. The summed E-state index contributed by atoms with van der Waals surface area (Å²) in [4.78, 5) is 13.9. The van der Waals surface area contributed by atoms with E-state index in [0.29, 0.717) is 0 Å². The summed E-state index contributed by atoms with van der Waals surface area (Å²) in [7, 11) is 0. The van der Waals surface area contributed by atoms with E-state index in [1.54, 1.807) is 0 Å². The molecule has 0 saturated carbocycles. The van der Waals surface area contributed by atoms with Crippen LogP contribution in [0.4, 0.5) is 0 Å². The predicted octanol–water partition coefficient (Wildman–Crippen LogP) is 6.10. The monoisotopic (exact) mass is 474 g/mol. The van der Waals surface area contributed by atoms with Gasteiger partial charge >= 0.3 is 187 Å². The van der Waals surface area contributed by atoms with Gasteiger partial charge in [0.25, 0.3) is 0 Å². The van der Waals surface area contributed by atoms with Gasteiger partial charge in [0, 0.05) is 0 Å². The second-order valence-corrected chi connectivity index (χ2v) is 16.4. The molecule has 0 saturated heterocycles. The SMILES string of the molecule is CC(C(=O)c1ccccc1)P(Br)(c1ccccc1)(c1ccccc1)c1ccccc1. The number of benzene rings is 4. The van der Waals surface area contributed by atoms with Gasteiger partial charge in [0.05, 0.1) is 0 Å². The van der Waals surface area contributed by atoms with Crippen molar-refractivity contribution in [2.24, 2.45) is 0 Å². The van der Waals surface area contributed by atoms with Crippen LogP contribution < -0.4 is 15.9 Å². The maximum absolute atomic E-state index is 13.9. The molecule has 1 atom stereocenters. The first-order valence-electron chi connectivity index (χ1n) is 10.1. The third kappa shape index (κ3) is 3.16. The minimum absolute atomic E-state index is 0.140.